The quantitative estimate of drug-likeness (QED) is 0.578. The smallest absolute Gasteiger partial charge is 0.206 e. The van der Waals surface area contributed by atoms with Gasteiger partial charge in [-0.1, -0.05) is 19.3 Å². The number of aromatic hydroxyl groups is 3. The van der Waals surface area contributed by atoms with Gasteiger partial charge in [-0.05, 0) is 38.8 Å². The van der Waals surface area contributed by atoms with Crippen LogP contribution in [0.3, 0.4) is 0 Å². The molecule has 1 aliphatic carbocycles. The molecule has 0 amide bonds. The Labute approximate surface area is 150 Å². The first-order valence-electron chi connectivity index (χ1n) is 8.48. The molecule has 0 unspecified atom stereocenters. The van der Waals surface area contributed by atoms with Gasteiger partial charge in [-0.25, -0.2) is 4.68 Å². The molecule has 0 radical (unpaired) electrons. The molecule has 1 aromatic heterocycles. The van der Waals surface area contributed by atoms with Gasteiger partial charge in [-0.3, -0.25) is 4.99 Å². The Morgan fingerprint density at radius 1 is 1.08 bits per heavy atom. The van der Waals surface area contributed by atoms with E-state index >= 15 is 0 Å². The molecule has 1 aromatic carbocycles. The van der Waals surface area contributed by atoms with Crippen LogP contribution in [0.4, 0.5) is 0 Å². The maximum absolute atomic E-state index is 9.93. The van der Waals surface area contributed by atoms with Gasteiger partial charge in [0.1, 0.15) is 0 Å². The number of benzene rings is 1. The topological polar surface area (TPSA) is 90.3 Å². The highest BCUT2D eigenvalue weighted by atomic mass is 32.1. The summed E-state index contributed by atoms with van der Waals surface area (Å²) in [6.45, 7) is 4.02. The first-order valence-corrected chi connectivity index (χ1v) is 9.30. The molecule has 7 heteroatoms. The number of hydrogen-bond acceptors (Lipinski definition) is 6. The van der Waals surface area contributed by atoms with Crippen LogP contribution >= 0.6 is 11.3 Å². The van der Waals surface area contributed by atoms with Gasteiger partial charge < -0.3 is 15.3 Å². The maximum atomic E-state index is 9.93. The Morgan fingerprint density at radius 3 is 2.52 bits per heavy atom. The summed E-state index contributed by atoms with van der Waals surface area (Å²) in [6.07, 6.45) is 7.44. The highest BCUT2D eigenvalue weighted by Crippen LogP contribution is 2.36. The van der Waals surface area contributed by atoms with Crippen LogP contribution in [-0.2, 0) is 0 Å². The number of thiazole rings is 1. The van der Waals surface area contributed by atoms with E-state index < -0.39 is 5.75 Å². The normalized spacial score (nSPS) is 16.8. The molecule has 1 aliphatic rings. The lowest BCUT2D eigenvalue weighted by molar-refractivity contribution is 0.367. The van der Waals surface area contributed by atoms with Crippen molar-refractivity contribution in [3.63, 3.8) is 0 Å². The van der Waals surface area contributed by atoms with Crippen LogP contribution in [0.15, 0.2) is 22.2 Å². The van der Waals surface area contributed by atoms with Gasteiger partial charge in [0, 0.05) is 10.4 Å². The van der Waals surface area contributed by atoms with Crippen molar-refractivity contribution in [2.24, 2.45) is 10.1 Å². The molecule has 1 fully saturated rings. The lowest BCUT2D eigenvalue weighted by atomic mass is 9.96. The molecule has 0 bridgehead atoms. The average Bonchev–Trinajstić information content (AvgIpc) is 2.87. The average molecular weight is 361 g/mol. The van der Waals surface area contributed by atoms with Gasteiger partial charge in [-0.2, -0.15) is 5.10 Å². The highest BCUT2D eigenvalue weighted by molar-refractivity contribution is 7.09. The Balaban J connectivity index is 1.97. The van der Waals surface area contributed by atoms with E-state index in [-0.39, 0.29) is 11.5 Å². The Hall–Kier alpha value is -2.28. The second-order valence-electron chi connectivity index (χ2n) is 6.37. The highest BCUT2D eigenvalue weighted by Gasteiger charge is 2.14. The van der Waals surface area contributed by atoms with Crippen molar-refractivity contribution in [1.82, 2.24) is 4.68 Å². The van der Waals surface area contributed by atoms with Gasteiger partial charge in [0.25, 0.3) is 0 Å². The first kappa shape index (κ1) is 17.5. The van der Waals surface area contributed by atoms with Crippen molar-refractivity contribution in [3.05, 3.63) is 33.1 Å². The zero-order valence-electron chi connectivity index (χ0n) is 14.4. The molecule has 6 nitrogen and oxygen atoms in total. The minimum Gasteiger partial charge on any atom is -0.504 e. The molecule has 1 heterocycles. The van der Waals surface area contributed by atoms with Crippen molar-refractivity contribution < 1.29 is 15.3 Å². The van der Waals surface area contributed by atoms with Crippen LogP contribution in [0.1, 0.15) is 48.2 Å². The summed E-state index contributed by atoms with van der Waals surface area (Å²) >= 11 is 1.61. The summed E-state index contributed by atoms with van der Waals surface area (Å²) < 4.78 is 1.78. The SMILES string of the molecule is Cc1sc(=NC2CCCCC2)n(/N=C/c2ccc(O)c(O)c2O)c1C. The van der Waals surface area contributed by atoms with Gasteiger partial charge in [0.2, 0.25) is 10.6 Å². The number of phenols is 3. The molecular formula is C18H23N3O3S. The van der Waals surface area contributed by atoms with Crippen LogP contribution in [0.25, 0.3) is 0 Å². The fourth-order valence-electron chi connectivity index (χ4n) is 2.94. The van der Waals surface area contributed by atoms with E-state index in [1.54, 1.807) is 16.0 Å². The molecule has 1 saturated carbocycles. The Morgan fingerprint density at radius 2 is 1.80 bits per heavy atom. The van der Waals surface area contributed by atoms with E-state index in [1.807, 2.05) is 13.8 Å². The van der Waals surface area contributed by atoms with Crippen LogP contribution in [0.2, 0.25) is 0 Å². The minimum atomic E-state index is -0.542. The summed E-state index contributed by atoms with van der Waals surface area (Å²) in [4.78, 5) is 6.87. The first-order chi connectivity index (χ1) is 12.0. The molecule has 134 valence electrons. The monoisotopic (exact) mass is 361 g/mol. The van der Waals surface area contributed by atoms with E-state index in [1.165, 1.54) is 37.6 Å². The van der Waals surface area contributed by atoms with Gasteiger partial charge >= 0.3 is 0 Å². The number of hydrogen-bond donors (Lipinski definition) is 3. The van der Waals surface area contributed by atoms with Crippen molar-refractivity contribution in [3.8, 4) is 17.2 Å². The third kappa shape index (κ3) is 3.71. The van der Waals surface area contributed by atoms with Gasteiger partial charge in [0.05, 0.1) is 18.0 Å². The summed E-state index contributed by atoms with van der Waals surface area (Å²) in [5, 5.41) is 33.4. The van der Waals surface area contributed by atoms with E-state index in [4.69, 9.17) is 4.99 Å². The van der Waals surface area contributed by atoms with E-state index in [0.29, 0.717) is 11.6 Å². The van der Waals surface area contributed by atoms with Gasteiger partial charge in [0.15, 0.2) is 11.5 Å². The number of phenolic OH excluding ortho intramolecular Hbond substituents is 3. The third-order valence-corrected chi connectivity index (χ3v) is 5.66. The molecule has 2 aromatic rings. The van der Waals surface area contributed by atoms with Crippen LogP contribution in [0.5, 0.6) is 17.2 Å². The number of rotatable bonds is 3. The van der Waals surface area contributed by atoms with Crippen molar-refractivity contribution >= 4 is 17.6 Å². The molecule has 0 aliphatic heterocycles. The zero-order valence-corrected chi connectivity index (χ0v) is 15.3. The van der Waals surface area contributed by atoms with Crippen LogP contribution in [-0.4, -0.2) is 32.3 Å². The van der Waals surface area contributed by atoms with E-state index in [9.17, 15) is 15.3 Å². The second kappa shape index (κ2) is 7.31. The number of aryl methyl sites for hydroxylation is 1. The van der Waals surface area contributed by atoms with E-state index in [0.717, 1.165) is 28.2 Å². The third-order valence-electron chi connectivity index (χ3n) is 4.59. The summed E-state index contributed by atoms with van der Waals surface area (Å²) in [7, 11) is 0. The summed E-state index contributed by atoms with van der Waals surface area (Å²) in [5.74, 6) is -1.29. The molecule has 3 rings (SSSR count). The Kier molecular flexibility index (Phi) is 5.13. The molecular weight excluding hydrogens is 338 g/mol. The largest absolute Gasteiger partial charge is 0.504 e. The van der Waals surface area contributed by atoms with Crippen LogP contribution < -0.4 is 4.80 Å². The van der Waals surface area contributed by atoms with Gasteiger partial charge in [-0.15, -0.1) is 11.3 Å². The maximum Gasteiger partial charge on any atom is 0.206 e. The lowest BCUT2D eigenvalue weighted by Gasteiger charge is -2.16. The standard InChI is InChI=1S/C18H23N3O3S/c1-11-12(2)25-18(20-14-6-4-3-5-7-14)21(11)19-10-13-8-9-15(22)17(24)16(13)23/h8-10,14,22-24H,3-7H2,1-2H3/b19-10+,20-18?. The number of nitrogens with zero attached hydrogens (tertiary/aromatic N) is 3. The summed E-state index contributed by atoms with van der Waals surface area (Å²) in [6, 6.07) is 3.17. The zero-order chi connectivity index (χ0) is 18.0. The van der Waals surface area contributed by atoms with Crippen molar-refractivity contribution in [1.29, 1.82) is 0 Å². The summed E-state index contributed by atoms with van der Waals surface area (Å²) in [5.41, 5.74) is 1.33. The fraction of sp³-hybridized carbons (Fsp3) is 0.444. The predicted octanol–water partition coefficient (Wildman–Crippen LogP) is 3.40. The lowest BCUT2D eigenvalue weighted by Crippen LogP contribution is -2.19. The minimum absolute atomic E-state index is 0.328. The molecule has 0 spiro atoms. The Bertz CT molecular complexity index is 861. The van der Waals surface area contributed by atoms with Crippen molar-refractivity contribution in [2.45, 2.75) is 52.0 Å². The number of aromatic nitrogens is 1. The molecule has 0 saturated heterocycles. The van der Waals surface area contributed by atoms with Crippen LogP contribution in [0, 0.1) is 13.8 Å². The molecule has 0 atom stereocenters. The van der Waals surface area contributed by atoms with Crippen molar-refractivity contribution in [2.75, 3.05) is 0 Å². The second-order valence-corrected chi connectivity index (χ2v) is 7.56. The fourth-order valence-corrected chi connectivity index (χ4v) is 3.92. The predicted molar refractivity (Wildman–Crippen MR) is 98.6 cm³/mol. The molecule has 25 heavy (non-hydrogen) atoms. The molecule has 3 N–H and O–H groups in total. The van der Waals surface area contributed by atoms with E-state index in [2.05, 4.69) is 5.10 Å².